The average Bonchev–Trinajstić information content (AvgIpc) is 3.33. The SMILES string of the molecule is C=C.CCC1=C(c2ccc(C)cc2)CCC(C)(CC(C)C)C1.CCCN(CC)CCCCSC1=CC=CCC1.CCCN(CCC)c1ccc(Sc2ccc(NC)c(SC(F)(F)F)c2)cc1.CN. The summed E-state index contributed by atoms with van der Waals surface area (Å²) >= 11 is 3.44. The molecular weight excluding hydrogens is 906 g/mol. The highest BCUT2D eigenvalue weighted by Crippen LogP contribution is 2.47. The predicted octanol–water partition coefficient (Wildman–Crippen LogP) is 18.4. The molecule has 0 fully saturated rings. The molecule has 5 rings (SSSR count). The van der Waals surface area contributed by atoms with Crippen molar-refractivity contribution in [2.45, 2.75) is 160 Å². The van der Waals surface area contributed by atoms with Crippen molar-refractivity contribution in [3.05, 3.63) is 120 Å². The van der Waals surface area contributed by atoms with Crippen LogP contribution in [0.1, 0.15) is 144 Å². The summed E-state index contributed by atoms with van der Waals surface area (Å²) in [6.07, 6.45) is 21.9. The molecule has 10 heteroatoms. The quantitative estimate of drug-likeness (QED) is 0.0591. The number of benzene rings is 3. The van der Waals surface area contributed by atoms with Crippen molar-refractivity contribution in [3.8, 4) is 0 Å². The van der Waals surface area contributed by atoms with Gasteiger partial charge < -0.3 is 20.9 Å². The van der Waals surface area contributed by atoms with Gasteiger partial charge in [-0.25, -0.2) is 0 Å². The molecule has 0 radical (unpaired) electrons. The number of alkyl halides is 3. The molecule has 382 valence electrons. The first-order chi connectivity index (χ1) is 32.7. The minimum Gasteiger partial charge on any atom is -0.387 e. The van der Waals surface area contributed by atoms with E-state index in [1.165, 1.54) is 125 Å². The maximum atomic E-state index is 12.8. The second-order valence-corrected chi connectivity index (χ2v) is 21.5. The van der Waals surface area contributed by atoms with Crippen molar-refractivity contribution in [3.63, 3.8) is 0 Å². The Morgan fingerprint density at radius 3 is 1.99 bits per heavy atom. The summed E-state index contributed by atoms with van der Waals surface area (Å²) in [7, 11) is 3.12. The van der Waals surface area contributed by atoms with Crippen LogP contribution >= 0.6 is 35.3 Å². The summed E-state index contributed by atoms with van der Waals surface area (Å²) in [6, 6.07) is 22.5. The molecule has 0 heterocycles. The molecule has 1 unspecified atom stereocenters. The number of nitrogens with one attached hydrogen (secondary N) is 1. The van der Waals surface area contributed by atoms with Crippen LogP contribution in [0.5, 0.6) is 0 Å². The summed E-state index contributed by atoms with van der Waals surface area (Å²) in [5.74, 6) is 2.10. The Balaban J connectivity index is 0.000000505. The summed E-state index contributed by atoms with van der Waals surface area (Å²) in [5.41, 5.74) is 8.52. The van der Waals surface area contributed by atoms with Gasteiger partial charge in [-0.1, -0.05) is 121 Å². The Morgan fingerprint density at radius 2 is 1.46 bits per heavy atom. The summed E-state index contributed by atoms with van der Waals surface area (Å²) < 4.78 is 38.4. The predicted molar refractivity (Wildman–Crippen MR) is 303 cm³/mol. The third kappa shape index (κ3) is 25.2. The van der Waals surface area contributed by atoms with Gasteiger partial charge in [0, 0.05) is 46.2 Å². The number of thioether (sulfide) groups is 2. The van der Waals surface area contributed by atoms with E-state index in [4.69, 9.17) is 0 Å². The van der Waals surface area contributed by atoms with Gasteiger partial charge in [0.25, 0.3) is 0 Å². The zero-order valence-electron chi connectivity index (χ0n) is 44.1. The molecule has 2 aliphatic carbocycles. The van der Waals surface area contributed by atoms with Crippen LogP contribution in [0.2, 0.25) is 0 Å². The van der Waals surface area contributed by atoms with Gasteiger partial charge in [0.15, 0.2) is 0 Å². The molecule has 0 aromatic heterocycles. The second-order valence-electron chi connectivity index (χ2n) is 18.0. The average molecular weight is 998 g/mol. The van der Waals surface area contributed by atoms with E-state index in [9.17, 15) is 13.2 Å². The van der Waals surface area contributed by atoms with Gasteiger partial charge in [-0.3, -0.25) is 0 Å². The fourth-order valence-electron chi connectivity index (χ4n) is 8.75. The molecule has 0 saturated carbocycles. The lowest BCUT2D eigenvalue weighted by molar-refractivity contribution is -0.0328. The highest BCUT2D eigenvalue weighted by molar-refractivity contribution is 8.03. The number of nitrogens with zero attached hydrogens (tertiary/aromatic N) is 2. The van der Waals surface area contributed by atoms with E-state index in [2.05, 4.69) is 163 Å². The standard InChI is InChI=1S/C20H25F3N2S2.C20H30.C15H27NS.C2H4.CH5N/c1-4-12-25(13-5-2)15-6-8-16(9-7-15)26-17-10-11-18(24-3)19(14-17)27-20(21,22)23;1-6-17-14-20(5,13-15(2)3)12-11-19(17)18-9-7-16(4)8-10-18;1-3-12-16(4-2)13-8-9-14-17-15-10-6-5-7-11-15;2*1-2/h6-11,14,24H,4-5,12-13H2,1-3H3;7-10,15H,6,11-14H2,1-5H3;5-6,10H,3-4,7-9,11-14H2,1-2H3;1-2H2;2H2,1H3. The summed E-state index contributed by atoms with van der Waals surface area (Å²) in [5, 5.41) is 2.82. The topological polar surface area (TPSA) is 44.5 Å². The number of unbranched alkanes of at least 4 members (excludes halogenated alkanes) is 1. The lowest BCUT2D eigenvalue weighted by Gasteiger charge is -2.38. The molecule has 3 aromatic carbocycles. The Bertz CT molecular complexity index is 1870. The molecule has 0 aliphatic heterocycles. The Labute approximate surface area is 427 Å². The van der Waals surface area contributed by atoms with Crippen molar-refractivity contribution in [2.75, 3.05) is 62.8 Å². The van der Waals surface area contributed by atoms with Gasteiger partial charge in [0.05, 0.1) is 0 Å². The van der Waals surface area contributed by atoms with E-state index < -0.39 is 5.51 Å². The van der Waals surface area contributed by atoms with E-state index in [1.807, 2.05) is 18.2 Å². The third-order valence-electron chi connectivity index (χ3n) is 11.8. The van der Waals surface area contributed by atoms with Gasteiger partial charge >= 0.3 is 5.51 Å². The zero-order valence-corrected chi connectivity index (χ0v) is 46.6. The van der Waals surface area contributed by atoms with Crippen LogP contribution in [0.4, 0.5) is 24.5 Å². The molecule has 0 spiro atoms. The highest BCUT2D eigenvalue weighted by Gasteiger charge is 2.32. The summed E-state index contributed by atoms with van der Waals surface area (Å²) in [4.78, 5) is 8.47. The van der Waals surface area contributed by atoms with E-state index in [0.717, 1.165) is 41.6 Å². The fraction of sp³-hybridized carbons (Fsp3) is 0.552. The number of halogens is 3. The van der Waals surface area contributed by atoms with Crippen LogP contribution in [0.25, 0.3) is 5.57 Å². The van der Waals surface area contributed by atoms with Crippen molar-refractivity contribution < 1.29 is 13.2 Å². The number of nitrogens with two attached hydrogens (primary N) is 1. The van der Waals surface area contributed by atoms with Crippen molar-refractivity contribution in [1.29, 1.82) is 0 Å². The molecule has 0 bridgehead atoms. The minimum absolute atomic E-state index is 0.0885. The highest BCUT2D eigenvalue weighted by atomic mass is 32.2. The van der Waals surface area contributed by atoms with Gasteiger partial charge in [-0.15, -0.1) is 24.9 Å². The van der Waals surface area contributed by atoms with Crippen LogP contribution in [-0.2, 0) is 0 Å². The largest absolute Gasteiger partial charge is 0.446 e. The van der Waals surface area contributed by atoms with E-state index in [0.29, 0.717) is 11.1 Å². The van der Waals surface area contributed by atoms with Crippen LogP contribution in [0, 0.1) is 18.3 Å². The Kier molecular flexibility index (Phi) is 33.3. The molecule has 0 saturated heterocycles. The smallest absolute Gasteiger partial charge is 0.387 e. The van der Waals surface area contributed by atoms with Crippen LogP contribution in [0.3, 0.4) is 0 Å². The monoisotopic (exact) mass is 997 g/mol. The maximum absolute atomic E-state index is 12.8. The Morgan fingerprint density at radius 1 is 0.824 bits per heavy atom. The molecule has 68 heavy (non-hydrogen) atoms. The molecular formula is C58H91F3N4S3. The first kappa shape index (κ1) is 63.0. The van der Waals surface area contributed by atoms with Gasteiger partial charge in [0.1, 0.15) is 0 Å². The first-order valence-electron chi connectivity index (χ1n) is 25.3. The molecule has 1 atom stereocenters. The lowest BCUT2D eigenvalue weighted by Crippen LogP contribution is -2.25. The van der Waals surface area contributed by atoms with E-state index in [1.54, 1.807) is 35.2 Å². The normalized spacial score (nSPS) is 15.5. The fourth-order valence-corrected chi connectivity index (χ4v) is 11.4. The number of hydrogen-bond donors (Lipinski definition) is 2. The first-order valence-corrected chi connectivity index (χ1v) is 27.9. The maximum Gasteiger partial charge on any atom is 0.446 e. The minimum atomic E-state index is -4.31. The summed E-state index contributed by atoms with van der Waals surface area (Å²) in [6.45, 7) is 32.3. The second kappa shape index (κ2) is 36.0. The number of aryl methyl sites for hydroxylation is 1. The van der Waals surface area contributed by atoms with Gasteiger partial charge in [-0.05, 0) is 198 Å². The number of allylic oxidation sites excluding steroid dienone is 6. The zero-order chi connectivity index (χ0) is 51.0. The molecule has 3 aromatic rings. The lowest BCUT2D eigenvalue weighted by atomic mass is 9.67. The third-order valence-corrected chi connectivity index (χ3v) is 14.8. The Hall–Kier alpha value is -3.02. The number of rotatable bonds is 22. The molecule has 0 amide bonds. The van der Waals surface area contributed by atoms with E-state index >= 15 is 0 Å². The number of hydrogen-bond acceptors (Lipinski definition) is 7. The molecule has 2 aliphatic rings. The molecule has 3 N–H and O–H groups in total. The van der Waals surface area contributed by atoms with Crippen LogP contribution in [0.15, 0.2) is 123 Å². The van der Waals surface area contributed by atoms with Gasteiger partial charge in [0.2, 0.25) is 0 Å². The van der Waals surface area contributed by atoms with Crippen LogP contribution < -0.4 is 16.0 Å². The number of anilines is 2. The molecule has 4 nitrogen and oxygen atoms in total. The van der Waals surface area contributed by atoms with Crippen LogP contribution in [-0.4, -0.2) is 63.0 Å². The van der Waals surface area contributed by atoms with Crippen molar-refractivity contribution in [1.82, 2.24) is 4.90 Å². The van der Waals surface area contributed by atoms with E-state index in [-0.39, 0.29) is 16.7 Å². The van der Waals surface area contributed by atoms with Crippen molar-refractivity contribution >= 4 is 52.2 Å². The van der Waals surface area contributed by atoms with Gasteiger partial charge in [-0.2, -0.15) is 13.2 Å². The van der Waals surface area contributed by atoms with Crippen molar-refractivity contribution in [2.24, 2.45) is 17.1 Å².